The highest BCUT2D eigenvalue weighted by Crippen LogP contribution is 2.05. The smallest absolute Gasteiger partial charge is 0.00362 e. The number of hydrogen-bond acceptors (Lipinski definition) is 2. The molecule has 2 heteroatoms. The molecule has 0 saturated heterocycles. The van der Waals surface area contributed by atoms with Crippen LogP contribution in [0.2, 0.25) is 0 Å². The van der Waals surface area contributed by atoms with Crippen molar-refractivity contribution in [2.24, 2.45) is 11.5 Å². The topological polar surface area (TPSA) is 52.0 Å². The Morgan fingerprint density at radius 3 is 2.09 bits per heavy atom. The van der Waals surface area contributed by atoms with Gasteiger partial charge in [-0.3, -0.25) is 0 Å². The van der Waals surface area contributed by atoms with Gasteiger partial charge in [0.2, 0.25) is 0 Å². The summed E-state index contributed by atoms with van der Waals surface area (Å²) in [5, 5.41) is 0. The van der Waals surface area contributed by atoms with E-state index in [4.69, 9.17) is 11.5 Å². The summed E-state index contributed by atoms with van der Waals surface area (Å²) >= 11 is 0. The summed E-state index contributed by atoms with van der Waals surface area (Å²) in [6.45, 7) is 4.19. The van der Waals surface area contributed by atoms with E-state index in [9.17, 15) is 0 Å². The van der Waals surface area contributed by atoms with E-state index < -0.39 is 0 Å². The van der Waals surface area contributed by atoms with Crippen LogP contribution in [-0.4, -0.2) is 12.1 Å². The van der Waals surface area contributed by atoms with Crippen LogP contribution in [0.15, 0.2) is 0 Å². The predicted octanol–water partition coefficient (Wildman–Crippen LogP) is 1.63. The SMILES string of the molecule is CCC(N)CCCCC(C)N. The van der Waals surface area contributed by atoms with Gasteiger partial charge in [-0.25, -0.2) is 0 Å². The second kappa shape index (κ2) is 6.62. The Morgan fingerprint density at radius 1 is 1.09 bits per heavy atom. The molecule has 0 heterocycles. The lowest BCUT2D eigenvalue weighted by Gasteiger charge is -2.08. The molecule has 68 valence electrons. The second-order valence-electron chi connectivity index (χ2n) is 3.43. The maximum Gasteiger partial charge on any atom is 0.00362 e. The third-order valence-corrected chi connectivity index (χ3v) is 2.01. The molecule has 0 aromatic heterocycles. The van der Waals surface area contributed by atoms with Crippen LogP contribution in [0.25, 0.3) is 0 Å². The molecule has 2 unspecified atom stereocenters. The molecule has 0 bridgehead atoms. The summed E-state index contributed by atoms with van der Waals surface area (Å²) in [6, 6.07) is 0.760. The van der Waals surface area contributed by atoms with Crippen LogP contribution in [0.5, 0.6) is 0 Å². The first-order valence-corrected chi connectivity index (χ1v) is 4.68. The van der Waals surface area contributed by atoms with Crippen LogP contribution in [0.1, 0.15) is 46.0 Å². The highest BCUT2D eigenvalue weighted by molar-refractivity contribution is 4.59. The summed E-state index contributed by atoms with van der Waals surface area (Å²) in [5.41, 5.74) is 11.4. The lowest BCUT2D eigenvalue weighted by atomic mass is 10.1. The fraction of sp³-hybridized carbons (Fsp3) is 1.00. The van der Waals surface area contributed by atoms with Gasteiger partial charge in [-0.2, -0.15) is 0 Å². The fourth-order valence-electron chi connectivity index (χ4n) is 1.08. The van der Waals surface area contributed by atoms with Gasteiger partial charge >= 0.3 is 0 Å². The van der Waals surface area contributed by atoms with Crippen molar-refractivity contribution in [2.75, 3.05) is 0 Å². The monoisotopic (exact) mass is 158 g/mol. The van der Waals surface area contributed by atoms with Gasteiger partial charge < -0.3 is 11.5 Å². The summed E-state index contributed by atoms with van der Waals surface area (Å²) in [6.07, 6.45) is 5.85. The molecule has 2 nitrogen and oxygen atoms in total. The largest absolute Gasteiger partial charge is 0.328 e. The first-order valence-electron chi connectivity index (χ1n) is 4.68. The minimum Gasteiger partial charge on any atom is -0.328 e. The van der Waals surface area contributed by atoms with Gasteiger partial charge in [0.25, 0.3) is 0 Å². The first-order chi connectivity index (χ1) is 5.16. The fourth-order valence-corrected chi connectivity index (χ4v) is 1.08. The minimum absolute atomic E-state index is 0.354. The van der Waals surface area contributed by atoms with Crippen molar-refractivity contribution in [3.8, 4) is 0 Å². The summed E-state index contributed by atoms with van der Waals surface area (Å²) in [4.78, 5) is 0. The minimum atomic E-state index is 0.354. The molecule has 0 saturated carbocycles. The zero-order valence-electron chi connectivity index (χ0n) is 7.84. The normalized spacial score (nSPS) is 16.4. The zero-order valence-corrected chi connectivity index (χ0v) is 7.84. The maximum atomic E-state index is 5.76. The zero-order chi connectivity index (χ0) is 8.69. The van der Waals surface area contributed by atoms with Crippen molar-refractivity contribution >= 4 is 0 Å². The molecule has 0 radical (unpaired) electrons. The van der Waals surface area contributed by atoms with E-state index >= 15 is 0 Å². The highest BCUT2D eigenvalue weighted by Gasteiger charge is 1.99. The molecule has 4 N–H and O–H groups in total. The molecule has 0 aliphatic rings. The van der Waals surface area contributed by atoms with Gasteiger partial charge in [-0.15, -0.1) is 0 Å². The van der Waals surface area contributed by atoms with E-state index in [2.05, 4.69) is 13.8 Å². The van der Waals surface area contributed by atoms with Gasteiger partial charge in [-0.1, -0.05) is 19.8 Å². The van der Waals surface area contributed by atoms with Gasteiger partial charge in [0.1, 0.15) is 0 Å². The van der Waals surface area contributed by atoms with Gasteiger partial charge in [-0.05, 0) is 26.2 Å². The molecule has 0 aromatic rings. The lowest BCUT2D eigenvalue weighted by molar-refractivity contribution is 0.520. The molecule has 0 aliphatic carbocycles. The standard InChI is InChI=1S/C9H22N2/c1-3-9(11)7-5-4-6-8(2)10/h8-9H,3-7,10-11H2,1-2H3. The number of nitrogens with two attached hydrogens (primary N) is 2. The Labute approximate surface area is 70.3 Å². The number of unbranched alkanes of at least 4 members (excludes halogenated alkanes) is 1. The van der Waals surface area contributed by atoms with Crippen LogP contribution in [0, 0.1) is 0 Å². The molecule has 0 amide bonds. The molecule has 0 rings (SSSR count). The predicted molar refractivity (Wildman–Crippen MR) is 50.4 cm³/mol. The van der Waals surface area contributed by atoms with E-state index in [0.717, 1.165) is 19.3 Å². The summed E-state index contributed by atoms with van der Waals surface area (Å²) < 4.78 is 0. The Morgan fingerprint density at radius 2 is 1.64 bits per heavy atom. The highest BCUT2D eigenvalue weighted by atomic mass is 14.6. The number of hydrogen-bond donors (Lipinski definition) is 2. The summed E-state index contributed by atoms with van der Waals surface area (Å²) in [5.74, 6) is 0. The molecule has 0 spiro atoms. The van der Waals surface area contributed by atoms with E-state index in [1.807, 2.05) is 0 Å². The third-order valence-electron chi connectivity index (χ3n) is 2.01. The van der Waals surface area contributed by atoms with Crippen molar-refractivity contribution < 1.29 is 0 Å². The van der Waals surface area contributed by atoms with Gasteiger partial charge in [0.05, 0.1) is 0 Å². The second-order valence-corrected chi connectivity index (χ2v) is 3.43. The van der Waals surface area contributed by atoms with Crippen molar-refractivity contribution in [3.05, 3.63) is 0 Å². The Kier molecular flexibility index (Phi) is 6.57. The third kappa shape index (κ3) is 7.82. The molecular formula is C9H22N2. The molecular weight excluding hydrogens is 136 g/mol. The first kappa shape index (κ1) is 10.9. The van der Waals surface area contributed by atoms with Crippen molar-refractivity contribution in [3.63, 3.8) is 0 Å². The van der Waals surface area contributed by atoms with Crippen LogP contribution >= 0.6 is 0 Å². The van der Waals surface area contributed by atoms with Crippen molar-refractivity contribution in [1.82, 2.24) is 0 Å². The Bertz CT molecular complexity index is 81.6. The van der Waals surface area contributed by atoms with Crippen LogP contribution in [-0.2, 0) is 0 Å². The van der Waals surface area contributed by atoms with Crippen molar-refractivity contribution in [1.29, 1.82) is 0 Å². The van der Waals surface area contributed by atoms with Gasteiger partial charge in [0, 0.05) is 12.1 Å². The van der Waals surface area contributed by atoms with Crippen LogP contribution < -0.4 is 11.5 Å². The van der Waals surface area contributed by atoms with Crippen LogP contribution in [0.4, 0.5) is 0 Å². The van der Waals surface area contributed by atoms with E-state index in [1.165, 1.54) is 12.8 Å². The van der Waals surface area contributed by atoms with E-state index in [1.54, 1.807) is 0 Å². The average molecular weight is 158 g/mol. The summed E-state index contributed by atoms with van der Waals surface area (Å²) in [7, 11) is 0. The van der Waals surface area contributed by atoms with E-state index in [0.29, 0.717) is 12.1 Å². The quantitative estimate of drug-likeness (QED) is 0.577. The number of rotatable bonds is 6. The molecule has 0 aliphatic heterocycles. The molecule has 2 atom stereocenters. The van der Waals surface area contributed by atoms with Crippen molar-refractivity contribution in [2.45, 2.75) is 58.0 Å². The molecule has 0 fully saturated rings. The Hall–Kier alpha value is -0.0800. The molecule has 11 heavy (non-hydrogen) atoms. The van der Waals surface area contributed by atoms with E-state index in [-0.39, 0.29) is 0 Å². The molecule has 0 aromatic carbocycles. The Balaban J connectivity index is 3.01. The maximum absolute atomic E-state index is 5.76. The average Bonchev–Trinajstić information content (AvgIpc) is 1.97. The van der Waals surface area contributed by atoms with Crippen LogP contribution in [0.3, 0.4) is 0 Å². The van der Waals surface area contributed by atoms with Gasteiger partial charge in [0.15, 0.2) is 0 Å². The lowest BCUT2D eigenvalue weighted by Crippen LogP contribution is -2.19.